The van der Waals surface area contributed by atoms with Gasteiger partial charge in [-0.25, -0.2) is 0 Å². The van der Waals surface area contributed by atoms with E-state index in [4.69, 9.17) is 0 Å². The van der Waals surface area contributed by atoms with Gasteiger partial charge in [0.15, 0.2) is 0 Å². The second kappa shape index (κ2) is 10.4. The predicted molar refractivity (Wildman–Crippen MR) is 151 cm³/mol. The van der Waals surface area contributed by atoms with Crippen molar-refractivity contribution >= 4 is 34.5 Å². The molecule has 1 fully saturated rings. The second-order valence-electron chi connectivity index (χ2n) is 10.4. The molecule has 0 spiro atoms. The molecular formula is C30H32N6O4. The maximum Gasteiger partial charge on any atom is 0.271 e. The summed E-state index contributed by atoms with van der Waals surface area (Å²) in [6.45, 7) is 14.9. The van der Waals surface area contributed by atoms with Gasteiger partial charge in [0.25, 0.3) is 17.7 Å². The molecule has 0 saturated carbocycles. The fourth-order valence-corrected chi connectivity index (χ4v) is 5.10. The van der Waals surface area contributed by atoms with Crippen LogP contribution in [0.5, 0.6) is 0 Å². The summed E-state index contributed by atoms with van der Waals surface area (Å²) in [5.74, 6) is -1.48. The maximum atomic E-state index is 13.3. The normalized spacial score (nSPS) is 15.0. The molecule has 2 aliphatic heterocycles. The van der Waals surface area contributed by atoms with Crippen LogP contribution in [0.15, 0.2) is 67.1 Å². The maximum absolute atomic E-state index is 13.3. The lowest BCUT2D eigenvalue weighted by molar-refractivity contribution is -0.136. The molecule has 0 aliphatic carbocycles. The Kier molecular flexibility index (Phi) is 7.01. The summed E-state index contributed by atoms with van der Waals surface area (Å²) in [4.78, 5) is 55.2. The third-order valence-corrected chi connectivity index (χ3v) is 7.45. The van der Waals surface area contributed by atoms with Crippen molar-refractivity contribution < 1.29 is 19.2 Å². The molecule has 5 rings (SSSR count). The van der Waals surface area contributed by atoms with E-state index in [1.807, 2.05) is 35.1 Å². The number of amides is 4. The minimum absolute atomic E-state index is 0.0437. The van der Waals surface area contributed by atoms with E-state index in [-0.39, 0.29) is 35.8 Å². The van der Waals surface area contributed by atoms with E-state index in [1.165, 1.54) is 16.7 Å². The van der Waals surface area contributed by atoms with Crippen LogP contribution in [0.4, 0.5) is 0 Å². The lowest BCUT2D eigenvalue weighted by Gasteiger charge is -2.34. The highest BCUT2D eigenvalue weighted by Gasteiger charge is 2.34. The van der Waals surface area contributed by atoms with Gasteiger partial charge in [0.1, 0.15) is 5.70 Å². The highest BCUT2D eigenvalue weighted by atomic mass is 16.2. The number of piperazine rings is 1. The number of carbonyl (C=O) groups is 4. The van der Waals surface area contributed by atoms with E-state index in [0.717, 1.165) is 27.6 Å². The standard InChI is InChI=1S/C30H32N6O4/c1-18(2)36-16-23-15-22(9-10-27(23)32-36)24-7-6-8-25-26(24)17-35(30(25)40)20(4)28(38)31-19(3)29(39)34-13-11-33(12-14-34)21(5)37/h6-10,15-16,18H,3-4,11-14,17H2,1-2,5H3,(H,31,38). The van der Waals surface area contributed by atoms with Crippen molar-refractivity contribution in [3.8, 4) is 11.1 Å². The predicted octanol–water partition coefficient (Wildman–Crippen LogP) is 3.07. The number of fused-ring (bicyclic) bond motifs is 2. The van der Waals surface area contributed by atoms with Gasteiger partial charge in [0.2, 0.25) is 5.91 Å². The van der Waals surface area contributed by atoms with Crippen LogP contribution in [0.1, 0.15) is 42.7 Å². The molecule has 40 heavy (non-hydrogen) atoms. The Morgan fingerprint density at radius 3 is 2.33 bits per heavy atom. The molecule has 10 nitrogen and oxygen atoms in total. The van der Waals surface area contributed by atoms with Crippen LogP contribution in [0.2, 0.25) is 0 Å². The molecule has 4 amide bonds. The zero-order valence-electron chi connectivity index (χ0n) is 22.9. The Balaban J connectivity index is 1.29. The number of hydrogen-bond acceptors (Lipinski definition) is 5. The van der Waals surface area contributed by atoms with Gasteiger partial charge in [-0.2, -0.15) is 5.10 Å². The first-order valence-corrected chi connectivity index (χ1v) is 13.2. The number of aromatic nitrogens is 2. The SMILES string of the molecule is C=C(NC(=O)C(=C)N1Cc2c(cccc2-c2ccc3nn(C(C)C)cc3c2)C1=O)C(=O)N1CCN(C(C)=O)CC1. The minimum Gasteiger partial charge on any atom is -0.339 e. The van der Waals surface area contributed by atoms with Crippen LogP contribution in [0.25, 0.3) is 22.0 Å². The Morgan fingerprint density at radius 1 is 0.975 bits per heavy atom. The summed E-state index contributed by atoms with van der Waals surface area (Å²) in [5.41, 5.74) is 3.85. The summed E-state index contributed by atoms with van der Waals surface area (Å²) in [6.07, 6.45) is 2.01. The molecular weight excluding hydrogens is 508 g/mol. The molecule has 0 radical (unpaired) electrons. The molecule has 0 atom stereocenters. The van der Waals surface area contributed by atoms with Crippen molar-refractivity contribution in [1.82, 2.24) is 29.8 Å². The van der Waals surface area contributed by atoms with Crippen LogP contribution in [-0.4, -0.2) is 74.3 Å². The van der Waals surface area contributed by atoms with E-state index in [9.17, 15) is 19.2 Å². The summed E-state index contributed by atoms with van der Waals surface area (Å²) in [6, 6.07) is 11.8. The summed E-state index contributed by atoms with van der Waals surface area (Å²) in [5, 5.41) is 8.12. The number of benzene rings is 2. The number of nitrogens with zero attached hydrogens (tertiary/aromatic N) is 5. The van der Waals surface area contributed by atoms with Gasteiger partial charge in [0.05, 0.1) is 17.8 Å². The first-order valence-electron chi connectivity index (χ1n) is 13.2. The van der Waals surface area contributed by atoms with Crippen molar-refractivity contribution in [2.45, 2.75) is 33.4 Å². The van der Waals surface area contributed by atoms with Crippen LogP contribution in [0, 0.1) is 0 Å². The second-order valence-corrected chi connectivity index (χ2v) is 10.4. The monoisotopic (exact) mass is 540 g/mol. The average molecular weight is 541 g/mol. The van der Waals surface area contributed by atoms with Gasteiger partial charge in [-0.3, -0.25) is 28.8 Å². The van der Waals surface area contributed by atoms with Crippen molar-refractivity contribution in [3.05, 3.63) is 78.3 Å². The van der Waals surface area contributed by atoms with Gasteiger partial charge in [-0.1, -0.05) is 31.4 Å². The van der Waals surface area contributed by atoms with E-state index < -0.39 is 11.8 Å². The Hall–Kier alpha value is -4.73. The third-order valence-electron chi connectivity index (χ3n) is 7.45. The average Bonchev–Trinajstić information content (AvgIpc) is 3.53. The molecule has 2 aliphatic rings. The molecule has 3 heterocycles. The molecule has 0 unspecified atom stereocenters. The summed E-state index contributed by atoms with van der Waals surface area (Å²) in [7, 11) is 0. The van der Waals surface area contributed by atoms with Crippen LogP contribution in [0.3, 0.4) is 0 Å². The Bertz CT molecular complexity index is 1580. The summed E-state index contributed by atoms with van der Waals surface area (Å²) < 4.78 is 1.92. The summed E-state index contributed by atoms with van der Waals surface area (Å²) >= 11 is 0. The topological polar surface area (TPSA) is 108 Å². The molecule has 2 aromatic carbocycles. The van der Waals surface area contributed by atoms with E-state index in [1.54, 1.807) is 11.0 Å². The van der Waals surface area contributed by atoms with Gasteiger partial charge >= 0.3 is 0 Å². The Morgan fingerprint density at radius 2 is 1.65 bits per heavy atom. The molecule has 206 valence electrons. The number of nitrogens with one attached hydrogen (secondary N) is 1. The van der Waals surface area contributed by atoms with Crippen molar-refractivity contribution in [2.75, 3.05) is 26.2 Å². The fourth-order valence-electron chi connectivity index (χ4n) is 5.10. The van der Waals surface area contributed by atoms with Gasteiger partial charge in [-0.15, -0.1) is 0 Å². The molecule has 3 aromatic rings. The van der Waals surface area contributed by atoms with Gasteiger partial charge < -0.3 is 15.1 Å². The van der Waals surface area contributed by atoms with Crippen LogP contribution in [-0.2, 0) is 20.9 Å². The molecule has 0 bridgehead atoms. The lowest BCUT2D eigenvalue weighted by atomic mass is 9.96. The fraction of sp³-hybridized carbons (Fsp3) is 0.300. The van der Waals surface area contributed by atoms with Crippen LogP contribution < -0.4 is 5.32 Å². The zero-order valence-corrected chi connectivity index (χ0v) is 22.9. The first kappa shape index (κ1) is 26.9. The van der Waals surface area contributed by atoms with Gasteiger partial charge in [-0.05, 0) is 48.7 Å². The molecule has 1 N–H and O–H groups in total. The number of hydrogen-bond donors (Lipinski definition) is 1. The quantitative estimate of drug-likeness (QED) is 0.484. The number of rotatable bonds is 6. The third kappa shape index (κ3) is 4.88. The highest BCUT2D eigenvalue weighted by molar-refractivity contribution is 6.08. The van der Waals surface area contributed by atoms with Crippen molar-refractivity contribution in [2.24, 2.45) is 0 Å². The molecule has 1 saturated heterocycles. The highest BCUT2D eigenvalue weighted by Crippen LogP contribution is 2.35. The molecule has 1 aromatic heterocycles. The largest absolute Gasteiger partial charge is 0.339 e. The van der Waals surface area contributed by atoms with E-state index >= 15 is 0 Å². The smallest absolute Gasteiger partial charge is 0.271 e. The Labute approximate surface area is 232 Å². The molecule has 10 heteroatoms. The zero-order chi connectivity index (χ0) is 28.7. The van der Waals surface area contributed by atoms with Crippen LogP contribution >= 0.6 is 0 Å². The van der Waals surface area contributed by atoms with E-state index in [2.05, 4.69) is 43.5 Å². The van der Waals surface area contributed by atoms with E-state index in [0.29, 0.717) is 31.7 Å². The lowest BCUT2D eigenvalue weighted by Crippen LogP contribution is -2.51. The minimum atomic E-state index is -0.675. The number of carbonyl (C=O) groups excluding carboxylic acids is 4. The van der Waals surface area contributed by atoms with Crippen molar-refractivity contribution in [3.63, 3.8) is 0 Å². The van der Waals surface area contributed by atoms with Crippen molar-refractivity contribution in [1.29, 1.82) is 0 Å². The first-order chi connectivity index (χ1) is 19.0. The van der Waals surface area contributed by atoms with Gasteiger partial charge in [0, 0.05) is 56.3 Å².